The summed E-state index contributed by atoms with van der Waals surface area (Å²) in [5.74, 6) is 0.247. The van der Waals surface area contributed by atoms with Gasteiger partial charge >= 0.3 is 5.97 Å². The summed E-state index contributed by atoms with van der Waals surface area (Å²) in [4.78, 5) is 13.4. The van der Waals surface area contributed by atoms with E-state index >= 15 is 0 Å². The summed E-state index contributed by atoms with van der Waals surface area (Å²) in [6.45, 7) is 0. The van der Waals surface area contributed by atoms with Gasteiger partial charge in [0.2, 0.25) is 5.76 Å². The number of hydrogen-bond donors (Lipinski definition) is 0. The molecule has 0 amide bonds. The van der Waals surface area contributed by atoms with Crippen LogP contribution in [0.15, 0.2) is 89.5 Å². The number of halogens is 1. The Balaban J connectivity index is 1.54. The second-order valence-corrected chi connectivity index (χ2v) is 9.38. The number of benzene rings is 3. The number of hydrogen-bond acceptors (Lipinski definition) is 3. The molecule has 0 radical (unpaired) electrons. The number of rotatable bonds is 3. The minimum Gasteiger partial charge on any atom is -0.456 e. The highest BCUT2D eigenvalue weighted by molar-refractivity contribution is 14.1. The molecule has 3 aromatic carbocycles. The van der Waals surface area contributed by atoms with E-state index in [1.807, 2.05) is 24.3 Å². The van der Waals surface area contributed by atoms with Crippen LogP contribution in [0.1, 0.15) is 10.6 Å². The van der Waals surface area contributed by atoms with Crippen molar-refractivity contribution in [2.75, 3.05) is 0 Å². The van der Waals surface area contributed by atoms with Crippen molar-refractivity contribution in [1.29, 1.82) is 0 Å². The van der Waals surface area contributed by atoms with Gasteiger partial charge in [0.05, 0.1) is 9.83 Å². The quantitative estimate of drug-likeness (QED) is 0.115. The zero-order valence-electron chi connectivity index (χ0n) is 14.6. The number of ether oxygens (including phenoxy) is 1. The van der Waals surface area contributed by atoms with Crippen LogP contribution in [0.4, 0.5) is 0 Å². The molecule has 0 aliphatic carbocycles. The van der Waals surface area contributed by atoms with Crippen LogP contribution < -0.4 is 4.74 Å². The smallest absolute Gasteiger partial charge is 0.380 e. The topological polar surface area (TPSA) is 39.4 Å². The maximum absolute atomic E-state index is 12.2. The van der Waals surface area contributed by atoms with Crippen LogP contribution in [0.3, 0.4) is 0 Å². The van der Waals surface area contributed by atoms with Gasteiger partial charge in [0.25, 0.3) is 0 Å². The minimum absolute atomic E-state index is 0.155. The van der Waals surface area contributed by atoms with E-state index in [-0.39, 0.29) is 16.2 Å². The Morgan fingerprint density at radius 3 is 2.00 bits per heavy atom. The van der Waals surface area contributed by atoms with Crippen LogP contribution in [-0.2, 0) is 0 Å². The summed E-state index contributed by atoms with van der Waals surface area (Å²) in [5.41, 5.74) is 0. The van der Waals surface area contributed by atoms with Gasteiger partial charge in [0, 0.05) is 33.4 Å². The summed E-state index contributed by atoms with van der Waals surface area (Å²) in [6.07, 6.45) is 1.48. The van der Waals surface area contributed by atoms with Gasteiger partial charge in [0.1, 0.15) is 5.75 Å². The molecular weight excluding hydrogens is 483 g/mol. The lowest BCUT2D eigenvalue weighted by molar-refractivity contribution is 0.0700. The van der Waals surface area contributed by atoms with E-state index in [1.165, 1.54) is 31.3 Å². The van der Waals surface area contributed by atoms with Crippen molar-refractivity contribution in [2.24, 2.45) is 0 Å². The molecule has 3 nitrogen and oxygen atoms in total. The van der Waals surface area contributed by atoms with Crippen LogP contribution in [0, 0.1) is 3.57 Å². The lowest BCUT2D eigenvalue weighted by Crippen LogP contribution is -2.08. The van der Waals surface area contributed by atoms with Gasteiger partial charge < -0.3 is 9.15 Å². The van der Waals surface area contributed by atoms with Crippen molar-refractivity contribution in [1.82, 2.24) is 0 Å². The first kappa shape index (κ1) is 17.5. The summed E-state index contributed by atoms with van der Waals surface area (Å²) in [6, 6.07) is 26.6. The van der Waals surface area contributed by atoms with E-state index in [1.54, 1.807) is 6.07 Å². The first-order chi connectivity index (χ1) is 13.7. The van der Waals surface area contributed by atoms with Crippen LogP contribution in [0.2, 0.25) is 0 Å². The fourth-order valence-corrected chi connectivity index (χ4v) is 6.22. The average molecular weight is 497 g/mol. The Hall–Kier alpha value is -2.64. The number of fused-ring (bicyclic) bond motifs is 3. The first-order valence-electron chi connectivity index (χ1n) is 8.70. The highest BCUT2D eigenvalue weighted by Crippen LogP contribution is 2.48. The third-order valence-corrected chi connectivity index (χ3v) is 7.76. The average Bonchev–Trinajstić information content (AvgIpc) is 3.30. The summed E-state index contributed by atoms with van der Waals surface area (Å²) in [5, 5.41) is 2.59. The number of carbonyl (C=O) groups is 1. The predicted molar refractivity (Wildman–Crippen MR) is 122 cm³/mol. The highest BCUT2D eigenvalue weighted by Gasteiger charge is 2.23. The van der Waals surface area contributed by atoms with E-state index in [9.17, 15) is 4.79 Å². The molecule has 0 bridgehead atoms. The van der Waals surface area contributed by atoms with Crippen molar-refractivity contribution < 1.29 is 13.9 Å². The molecule has 136 valence electrons. The molecule has 0 fully saturated rings. The van der Waals surface area contributed by atoms with E-state index in [0.29, 0.717) is 5.75 Å². The normalized spacial score (nSPS) is 11.2. The summed E-state index contributed by atoms with van der Waals surface area (Å²) < 4.78 is 14.1. The molecule has 5 rings (SSSR count). The minimum atomic E-state index is -0.485. The largest absolute Gasteiger partial charge is 0.456 e. The molecule has 2 aromatic heterocycles. The van der Waals surface area contributed by atoms with Crippen LogP contribution in [0.25, 0.3) is 25.1 Å². The highest BCUT2D eigenvalue weighted by atomic mass is 127. The van der Waals surface area contributed by atoms with Crippen molar-refractivity contribution in [3.63, 3.8) is 0 Å². The Morgan fingerprint density at radius 1 is 0.821 bits per heavy atom. The van der Waals surface area contributed by atoms with E-state index in [2.05, 4.69) is 71.1 Å². The number of thiophene rings is 1. The molecule has 0 aliphatic heterocycles. The Labute approximate surface area is 177 Å². The van der Waals surface area contributed by atoms with E-state index in [4.69, 9.17) is 9.15 Å². The van der Waals surface area contributed by atoms with Gasteiger partial charge in [-0.05, 0) is 65.1 Å². The van der Waals surface area contributed by atoms with Gasteiger partial charge in [-0.25, -0.2) is 4.79 Å². The Kier molecular flexibility index (Phi) is 4.41. The molecule has 0 N–H and O–H groups in total. The molecule has 0 saturated carbocycles. The fraction of sp³-hybridized carbons (Fsp3) is 0. The lowest BCUT2D eigenvalue weighted by atomic mass is 10.2. The Bertz CT molecular complexity index is 1260. The van der Waals surface area contributed by atoms with E-state index < -0.39 is 5.97 Å². The van der Waals surface area contributed by atoms with E-state index in [0.717, 1.165) is 3.57 Å². The Morgan fingerprint density at radius 2 is 1.43 bits per heavy atom. The molecule has 5 aromatic rings. The van der Waals surface area contributed by atoms with Crippen LogP contribution >= 0.6 is 33.1 Å². The maximum atomic E-state index is 12.2. The van der Waals surface area contributed by atoms with Gasteiger partial charge in [-0.15, -0.1) is 0 Å². The van der Waals surface area contributed by atoms with Crippen molar-refractivity contribution in [2.45, 2.75) is 0 Å². The molecule has 0 saturated heterocycles. The van der Waals surface area contributed by atoms with Gasteiger partial charge in [-0.3, -0.25) is 0 Å². The van der Waals surface area contributed by atoms with Crippen molar-refractivity contribution in [3.8, 4) is 10.6 Å². The summed E-state index contributed by atoms with van der Waals surface area (Å²) in [7, 11) is -0.155. The van der Waals surface area contributed by atoms with Crippen molar-refractivity contribution in [3.05, 3.63) is 94.5 Å². The molecule has 28 heavy (non-hydrogen) atoms. The monoisotopic (exact) mass is 497 g/mol. The molecule has 2 heterocycles. The first-order valence-corrected chi connectivity index (χ1v) is 11.0. The van der Waals surface area contributed by atoms with Gasteiger partial charge in [0.15, 0.2) is 14.3 Å². The zero-order valence-corrected chi connectivity index (χ0v) is 17.6. The number of carbonyl (C=O) groups excluding carboxylic acids is 1. The SMILES string of the molecule is O=C(Oc1ccc(-[s+]2c3ccccc3c3ccccc32)cc1)c1occc1I. The maximum Gasteiger partial charge on any atom is 0.380 e. The van der Waals surface area contributed by atoms with Crippen molar-refractivity contribution >= 4 is 59.2 Å². The zero-order chi connectivity index (χ0) is 19.1. The molecule has 5 heteroatoms. The van der Waals surface area contributed by atoms with Crippen LogP contribution in [-0.4, -0.2) is 5.97 Å². The molecule has 0 unspecified atom stereocenters. The summed E-state index contributed by atoms with van der Waals surface area (Å²) >= 11 is 2.05. The van der Waals surface area contributed by atoms with Gasteiger partial charge in [-0.1, -0.05) is 24.3 Å². The standard InChI is InChI=1S/C23H14IO3S/c24-19-13-14-26-22(19)23(25)27-15-9-11-16(12-10-15)28-20-7-3-1-5-17(20)18-6-2-4-8-21(18)28/h1-14H/q+1. The van der Waals surface area contributed by atoms with Crippen LogP contribution in [0.5, 0.6) is 5.75 Å². The molecule has 0 spiro atoms. The molecular formula is C23H14IO3S+. The second-order valence-electron chi connectivity index (χ2n) is 6.26. The molecule has 0 atom stereocenters. The number of esters is 1. The third-order valence-electron chi connectivity index (χ3n) is 4.58. The second kappa shape index (κ2) is 7.07. The van der Waals surface area contributed by atoms with Gasteiger partial charge in [-0.2, -0.15) is 0 Å². The predicted octanol–water partition coefficient (Wildman–Crippen LogP) is 7.15. The fourth-order valence-electron chi connectivity index (χ4n) is 3.34. The number of furan rings is 1. The third kappa shape index (κ3) is 2.91. The lowest BCUT2D eigenvalue weighted by Gasteiger charge is -2.02. The molecule has 0 aliphatic rings.